The van der Waals surface area contributed by atoms with Crippen molar-refractivity contribution in [2.75, 3.05) is 17.4 Å². The van der Waals surface area contributed by atoms with Crippen LogP contribution in [0.3, 0.4) is 0 Å². The van der Waals surface area contributed by atoms with Gasteiger partial charge in [-0.1, -0.05) is 68.8 Å². The number of rotatable bonds is 12. The molecule has 4 rings (SSSR count). The Labute approximate surface area is 225 Å². The number of aryl methyl sites for hydroxylation is 1. The minimum atomic E-state index is -3.67. The van der Waals surface area contributed by atoms with Crippen LogP contribution in [0.1, 0.15) is 57.1 Å². The maximum atomic E-state index is 13.6. The van der Waals surface area contributed by atoms with Crippen molar-refractivity contribution < 1.29 is 18.0 Å². The molecular weight excluding hydrogens is 498 g/mol. The van der Waals surface area contributed by atoms with Crippen molar-refractivity contribution in [1.82, 2.24) is 10.2 Å². The molecule has 1 aliphatic heterocycles. The van der Waals surface area contributed by atoms with E-state index in [2.05, 4.69) is 12.2 Å². The van der Waals surface area contributed by atoms with Crippen LogP contribution in [-0.2, 0) is 26.2 Å². The van der Waals surface area contributed by atoms with Gasteiger partial charge < -0.3 is 10.2 Å². The number of sulfonamides is 1. The summed E-state index contributed by atoms with van der Waals surface area (Å²) in [5, 5.41) is 4.60. The van der Waals surface area contributed by atoms with Gasteiger partial charge in [0.25, 0.3) is 10.0 Å². The van der Waals surface area contributed by atoms with E-state index >= 15 is 0 Å². The van der Waals surface area contributed by atoms with Crippen LogP contribution in [0.5, 0.6) is 0 Å². The van der Waals surface area contributed by atoms with Crippen LogP contribution >= 0.6 is 0 Å². The highest BCUT2D eigenvalue weighted by molar-refractivity contribution is 7.93. The molecular formula is C30H37N3O4S. The number of hydrogen-bond acceptors (Lipinski definition) is 4. The number of nitrogens with one attached hydrogen (secondary N) is 1. The van der Waals surface area contributed by atoms with Crippen molar-refractivity contribution >= 4 is 38.3 Å². The molecule has 202 valence electrons. The van der Waals surface area contributed by atoms with Gasteiger partial charge in [0.05, 0.1) is 10.6 Å². The Balaban J connectivity index is 1.51. The SMILES string of the molecule is CCCCNC(=O)[C@H](CC)N(Cc1ccccc1C)C(=O)CCCN1c2cccc3cccc(c23)S1(=O)=O. The lowest BCUT2D eigenvalue weighted by molar-refractivity contribution is -0.141. The Bertz CT molecular complexity index is 1410. The molecule has 0 saturated heterocycles. The van der Waals surface area contributed by atoms with Gasteiger partial charge in [-0.25, -0.2) is 8.42 Å². The summed E-state index contributed by atoms with van der Waals surface area (Å²) in [5.41, 5.74) is 2.70. The highest BCUT2D eigenvalue weighted by Gasteiger charge is 2.35. The van der Waals surface area contributed by atoms with Crippen molar-refractivity contribution in [3.63, 3.8) is 0 Å². The summed E-state index contributed by atoms with van der Waals surface area (Å²) >= 11 is 0. The molecule has 38 heavy (non-hydrogen) atoms. The molecule has 0 aromatic heterocycles. The minimum absolute atomic E-state index is 0.142. The van der Waals surface area contributed by atoms with E-state index in [9.17, 15) is 18.0 Å². The zero-order chi connectivity index (χ0) is 27.3. The average molecular weight is 536 g/mol. The van der Waals surface area contributed by atoms with E-state index in [-0.39, 0.29) is 24.8 Å². The molecule has 1 atom stereocenters. The number of benzene rings is 3. The van der Waals surface area contributed by atoms with Crippen LogP contribution < -0.4 is 9.62 Å². The van der Waals surface area contributed by atoms with E-state index in [1.165, 1.54) is 4.31 Å². The summed E-state index contributed by atoms with van der Waals surface area (Å²) in [5.74, 6) is -0.301. The average Bonchev–Trinajstić information content (AvgIpc) is 3.13. The first-order chi connectivity index (χ1) is 18.3. The molecule has 0 fully saturated rings. The van der Waals surface area contributed by atoms with Crippen molar-refractivity contribution in [3.8, 4) is 0 Å². The maximum absolute atomic E-state index is 13.6. The lowest BCUT2D eigenvalue weighted by Crippen LogP contribution is -2.49. The molecule has 0 saturated carbocycles. The Morgan fingerprint density at radius 3 is 2.42 bits per heavy atom. The molecule has 0 aliphatic carbocycles. The number of amides is 2. The number of unbranched alkanes of at least 4 members (excludes halogenated alkanes) is 1. The smallest absolute Gasteiger partial charge is 0.265 e. The Morgan fingerprint density at radius 1 is 0.974 bits per heavy atom. The highest BCUT2D eigenvalue weighted by Crippen LogP contribution is 2.42. The van der Waals surface area contributed by atoms with Gasteiger partial charge in [0, 0.05) is 31.4 Å². The van der Waals surface area contributed by atoms with Crippen LogP contribution in [0.2, 0.25) is 0 Å². The Hall–Kier alpha value is -3.39. The molecule has 1 N–H and O–H groups in total. The second kappa shape index (κ2) is 12.0. The zero-order valence-electron chi connectivity index (χ0n) is 22.4. The number of anilines is 1. The molecule has 1 heterocycles. The Kier molecular flexibility index (Phi) is 8.72. The maximum Gasteiger partial charge on any atom is 0.265 e. The fourth-order valence-corrected chi connectivity index (χ4v) is 6.86. The summed E-state index contributed by atoms with van der Waals surface area (Å²) in [6.07, 6.45) is 2.84. The van der Waals surface area contributed by atoms with Gasteiger partial charge in [-0.05, 0) is 54.8 Å². The second-order valence-corrected chi connectivity index (χ2v) is 11.7. The van der Waals surface area contributed by atoms with Gasteiger partial charge in [0.2, 0.25) is 11.8 Å². The van der Waals surface area contributed by atoms with Crippen LogP contribution in [0.15, 0.2) is 65.6 Å². The highest BCUT2D eigenvalue weighted by atomic mass is 32.2. The van der Waals surface area contributed by atoms with Gasteiger partial charge in [0.1, 0.15) is 6.04 Å². The fraction of sp³-hybridized carbons (Fsp3) is 0.400. The Morgan fingerprint density at radius 2 is 1.71 bits per heavy atom. The van der Waals surface area contributed by atoms with Gasteiger partial charge in [-0.3, -0.25) is 13.9 Å². The minimum Gasteiger partial charge on any atom is -0.354 e. The lowest BCUT2D eigenvalue weighted by atomic mass is 10.0. The third-order valence-corrected chi connectivity index (χ3v) is 9.11. The van der Waals surface area contributed by atoms with Crippen LogP contribution in [0.4, 0.5) is 5.69 Å². The zero-order valence-corrected chi connectivity index (χ0v) is 23.3. The second-order valence-electron chi connectivity index (χ2n) is 9.83. The van der Waals surface area contributed by atoms with Crippen LogP contribution in [0.25, 0.3) is 10.8 Å². The van der Waals surface area contributed by atoms with Gasteiger partial charge in [-0.2, -0.15) is 0 Å². The third-order valence-electron chi connectivity index (χ3n) is 7.25. The quantitative estimate of drug-likeness (QED) is 0.325. The molecule has 7 nitrogen and oxygen atoms in total. The lowest BCUT2D eigenvalue weighted by Gasteiger charge is -2.31. The summed E-state index contributed by atoms with van der Waals surface area (Å²) < 4.78 is 28.0. The third kappa shape index (κ3) is 5.55. The largest absolute Gasteiger partial charge is 0.354 e. The van der Waals surface area contributed by atoms with E-state index in [1.54, 1.807) is 17.0 Å². The summed E-state index contributed by atoms with van der Waals surface area (Å²) in [7, 11) is -3.67. The number of carbonyl (C=O) groups is 2. The molecule has 2 amide bonds. The van der Waals surface area contributed by atoms with Gasteiger partial charge >= 0.3 is 0 Å². The first-order valence-electron chi connectivity index (χ1n) is 13.5. The standard InChI is InChI=1S/C30H37N3O4S/c1-4-6-19-31-30(35)25(5-2)32(21-24-13-8-7-12-22(24)3)28(34)18-11-20-33-26-16-9-14-23-15-10-17-27(29(23)26)38(33,36)37/h7-10,12-17,25H,4-6,11,18-21H2,1-3H3,(H,31,35)/t25-/m0/s1. The number of nitrogens with zero attached hydrogens (tertiary/aromatic N) is 2. The van der Waals surface area contributed by atoms with Crippen molar-refractivity contribution in [2.45, 2.75) is 70.4 Å². The molecule has 1 aliphatic rings. The monoisotopic (exact) mass is 535 g/mol. The summed E-state index contributed by atoms with van der Waals surface area (Å²) in [6, 6.07) is 18.2. The van der Waals surface area contributed by atoms with Crippen molar-refractivity contribution in [1.29, 1.82) is 0 Å². The first kappa shape index (κ1) is 27.6. The normalized spacial score (nSPS) is 14.4. The van der Waals surface area contributed by atoms with Crippen molar-refractivity contribution in [3.05, 3.63) is 71.8 Å². The van der Waals surface area contributed by atoms with E-state index in [4.69, 9.17) is 0 Å². The van der Waals surface area contributed by atoms with Gasteiger partial charge in [-0.15, -0.1) is 0 Å². The fourth-order valence-electron chi connectivity index (χ4n) is 5.11. The van der Waals surface area contributed by atoms with Gasteiger partial charge in [0.15, 0.2) is 0 Å². The molecule has 0 bridgehead atoms. The van der Waals surface area contributed by atoms with E-state index in [0.717, 1.165) is 34.7 Å². The van der Waals surface area contributed by atoms with E-state index in [1.807, 2.05) is 62.4 Å². The van der Waals surface area contributed by atoms with Crippen molar-refractivity contribution in [2.24, 2.45) is 0 Å². The number of carbonyl (C=O) groups excluding carboxylic acids is 2. The molecule has 0 spiro atoms. The van der Waals surface area contributed by atoms with E-state index < -0.39 is 16.1 Å². The topological polar surface area (TPSA) is 86.8 Å². The molecule has 8 heteroatoms. The van der Waals surface area contributed by atoms with E-state index in [0.29, 0.717) is 36.5 Å². The number of hydrogen-bond donors (Lipinski definition) is 1. The van der Waals surface area contributed by atoms with Crippen LogP contribution in [-0.4, -0.2) is 44.3 Å². The predicted molar refractivity (Wildman–Crippen MR) is 151 cm³/mol. The summed E-state index contributed by atoms with van der Waals surface area (Å²) in [4.78, 5) is 28.7. The predicted octanol–water partition coefficient (Wildman–Crippen LogP) is 5.16. The first-order valence-corrected chi connectivity index (χ1v) is 14.9. The molecule has 0 unspecified atom stereocenters. The molecule has 0 radical (unpaired) electrons. The summed E-state index contributed by atoms with van der Waals surface area (Å²) in [6.45, 7) is 7.08. The molecule has 3 aromatic rings. The molecule has 3 aromatic carbocycles. The van der Waals surface area contributed by atoms with Crippen LogP contribution in [0, 0.1) is 6.92 Å².